The Balaban J connectivity index is 1.77. The molecular weight excluding hydrogens is 170 g/mol. The lowest BCUT2D eigenvalue weighted by Gasteiger charge is -2.27. The highest BCUT2D eigenvalue weighted by atomic mass is 16.2. The zero-order chi connectivity index (χ0) is 9.26. The summed E-state index contributed by atoms with van der Waals surface area (Å²) in [5.41, 5.74) is 0. The fourth-order valence-corrected chi connectivity index (χ4v) is 1.50. The van der Waals surface area contributed by atoms with Crippen molar-refractivity contribution in [2.45, 2.75) is 12.5 Å². The standard InChI is InChI=1S/C8H13N3O2/c12-7-1-6(4-10-7)11-8(13)5-2-9-3-5/h5-6,9H,1-4H2,(H,10,12)(H,11,13). The van der Waals surface area contributed by atoms with Gasteiger partial charge in [-0.3, -0.25) is 9.59 Å². The molecule has 0 bridgehead atoms. The lowest BCUT2D eigenvalue weighted by molar-refractivity contribution is -0.127. The second-order valence-corrected chi connectivity index (χ2v) is 3.57. The van der Waals surface area contributed by atoms with Crippen LogP contribution >= 0.6 is 0 Å². The molecule has 5 heteroatoms. The topological polar surface area (TPSA) is 70.2 Å². The number of amides is 2. The molecule has 0 aromatic carbocycles. The predicted octanol–water partition coefficient (Wildman–Crippen LogP) is -1.79. The van der Waals surface area contributed by atoms with Gasteiger partial charge in [0.05, 0.1) is 12.0 Å². The monoisotopic (exact) mass is 183 g/mol. The molecule has 13 heavy (non-hydrogen) atoms. The van der Waals surface area contributed by atoms with Crippen LogP contribution < -0.4 is 16.0 Å². The van der Waals surface area contributed by atoms with Gasteiger partial charge in [-0.1, -0.05) is 0 Å². The molecule has 3 N–H and O–H groups in total. The van der Waals surface area contributed by atoms with Gasteiger partial charge in [0.2, 0.25) is 11.8 Å². The van der Waals surface area contributed by atoms with Crippen LogP contribution in [0.15, 0.2) is 0 Å². The molecular formula is C8H13N3O2. The van der Waals surface area contributed by atoms with Crippen LogP contribution in [0.5, 0.6) is 0 Å². The van der Waals surface area contributed by atoms with Crippen LogP contribution in [0.1, 0.15) is 6.42 Å². The summed E-state index contributed by atoms with van der Waals surface area (Å²) >= 11 is 0. The third-order valence-electron chi connectivity index (χ3n) is 2.48. The number of hydrogen-bond donors (Lipinski definition) is 3. The van der Waals surface area contributed by atoms with Gasteiger partial charge in [0, 0.05) is 26.1 Å². The lowest BCUT2D eigenvalue weighted by atomic mass is 10.0. The van der Waals surface area contributed by atoms with Crippen LogP contribution in [0.2, 0.25) is 0 Å². The second kappa shape index (κ2) is 3.33. The smallest absolute Gasteiger partial charge is 0.225 e. The summed E-state index contributed by atoms with van der Waals surface area (Å²) in [5, 5.41) is 8.56. The van der Waals surface area contributed by atoms with E-state index in [0.29, 0.717) is 13.0 Å². The van der Waals surface area contributed by atoms with Crippen molar-refractivity contribution in [1.82, 2.24) is 16.0 Å². The Morgan fingerprint density at radius 3 is 2.62 bits per heavy atom. The van der Waals surface area contributed by atoms with Gasteiger partial charge in [0.15, 0.2) is 0 Å². The fraction of sp³-hybridized carbons (Fsp3) is 0.750. The first-order valence-corrected chi connectivity index (χ1v) is 4.53. The molecule has 0 aliphatic carbocycles. The number of nitrogens with one attached hydrogen (secondary N) is 3. The van der Waals surface area contributed by atoms with E-state index in [9.17, 15) is 9.59 Å². The lowest BCUT2D eigenvalue weighted by Crippen LogP contribution is -2.53. The minimum Gasteiger partial charge on any atom is -0.354 e. The van der Waals surface area contributed by atoms with E-state index in [4.69, 9.17) is 0 Å². The molecule has 72 valence electrons. The molecule has 2 saturated heterocycles. The van der Waals surface area contributed by atoms with Crippen LogP contribution in [0.25, 0.3) is 0 Å². The highest BCUT2D eigenvalue weighted by Crippen LogP contribution is 2.05. The Labute approximate surface area is 76.3 Å². The van der Waals surface area contributed by atoms with E-state index in [1.807, 2.05) is 0 Å². The highest BCUT2D eigenvalue weighted by Gasteiger charge is 2.29. The molecule has 2 aliphatic heterocycles. The zero-order valence-electron chi connectivity index (χ0n) is 7.30. The third-order valence-corrected chi connectivity index (χ3v) is 2.48. The van der Waals surface area contributed by atoms with E-state index in [-0.39, 0.29) is 23.8 Å². The van der Waals surface area contributed by atoms with Crippen molar-refractivity contribution < 1.29 is 9.59 Å². The van der Waals surface area contributed by atoms with E-state index in [1.54, 1.807) is 0 Å². The maximum atomic E-state index is 11.4. The van der Waals surface area contributed by atoms with Crippen molar-refractivity contribution in [3.63, 3.8) is 0 Å². The number of hydrogen-bond acceptors (Lipinski definition) is 3. The predicted molar refractivity (Wildman–Crippen MR) is 45.9 cm³/mol. The van der Waals surface area contributed by atoms with E-state index < -0.39 is 0 Å². The first-order chi connectivity index (χ1) is 6.25. The Hall–Kier alpha value is -1.10. The van der Waals surface area contributed by atoms with Gasteiger partial charge in [-0.05, 0) is 0 Å². The maximum absolute atomic E-state index is 11.4. The van der Waals surface area contributed by atoms with E-state index in [2.05, 4.69) is 16.0 Å². The van der Waals surface area contributed by atoms with Gasteiger partial charge in [-0.15, -0.1) is 0 Å². The van der Waals surface area contributed by atoms with Crippen molar-refractivity contribution in [2.75, 3.05) is 19.6 Å². The molecule has 2 fully saturated rings. The Bertz CT molecular complexity index is 238. The quantitative estimate of drug-likeness (QED) is 0.473. The van der Waals surface area contributed by atoms with Crippen LogP contribution in [0.3, 0.4) is 0 Å². The fourth-order valence-electron chi connectivity index (χ4n) is 1.50. The molecule has 1 atom stereocenters. The van der Waals surface area contributed by atoms with Gasteiger partial charge in [0.1, 0.15) is 0 Å². The summed E-state index contributed by atoms with van der Waals surface area (Å²) in [6, 6.07) is 0.000556. The average Bonchev–Trinajstić information content (AvgIpc) is 2.31. The minimum absolute atomic E-state index is 0.000556. The van der Waals surface area contributed by atoms with Crippen molar-refractivity contribution in [2.24, 2.45) is 5.92 Å². The molecule has 0 aromatic rings. The molecule has 2 heterocycles. The highest BCUT2D eigenvalue weighted by molar-refractivity contribution is 5.83. The molecule has 5 nitrogen and oxygen atoms in total. The molecule has 2 rings (SSSR count). The molecule has 0 spiro atoms. The molecule has 2 aliphatic rings. The average molecular weight is 183 g/mol. The van der Waals surface area contributed by atoms with Crippen LogP contribution in [0.4, 0.5) is 0 Å². The van der Waals surface area contributed by atoms with Crippen LogP contribution in [0, 0.1) is 5.92 Å². The molecule has 0 aromatic heterocycles. The van der Waals surface area contributed by atoms with Crippen molar-refractivity contribution in [3.05, 3.63) is 0 Å². The van der Waals surface area contributed by atoms with Gasteiger partial charge in [-0.2, -0.15) is 0 Å². The Kier molecular flexibility index (Phi) is 2.18. The third kappa shape index (κ3) is 1.80. The van der Waals surface area contributed by atoms with Crippen molar-refractivity contribution in [1.29, 1.82) is 0 Å². The van der Waals surface area contributed by atoms with Gasteiger partial charge in [-0.25, -0.2) is 0 Å². The summed E-state index contributed by atoms with van der Waals surface area (Å²) < 4.78 is 0. The second-order valence-electron chi connectivity index (χ2n) is 3.57. The van der Waals surface area contributed by atoms with E-state index >= 15 is 0 Å². The maximum Gasteiger partial charge on any atom is 0.225 e. The Morgan fingerprint density at radius 2 is 2.15 bits per heavy atom. The number of rotatable bonds is 2. The van der Waals surface area contributed by atoms with Gasteiger partial charge >= 0.3 is 0 Å². The number of carbonyl (C=O) groups excluding carboxylic acids is 2. The zero-order valence-corrected chi connectivity index (χ0v) is 7.30. The summed E-state index contributed by atoms with van der Waals surface area (Å²) in [5.74, 6) is 0.202. The normalized spacial score (nSPS) is 28.0. The van der Waals surface area contributed by atoms with Crippen LogP contribution in [-0.2, 0) is 9.59 Å². The van der Waals surface area contributed by atoms with Crippen molar-refractivity contribution >= 4 is 11.8 Å². The van der Waals surface area contributed by atoms with E-state index in [0.717, 1.165) is 13.1 Å². The largest absolute Gasteiger partial charge is 0.354 e. The van der Waals surface area contributed by atoms with Gasteiger partial charge in [0.25, 0.3) is 0 Å². The molecule has 2 amide bonds. The number of carbonyl (C=O) groups is 2. The summed E-state index contributed by atoms with van der Waals surface area (Å²) in [7, 11) is 0. The van der Waals surface area contributed by atoms with Crippen LogP contribution in [-0.4, -0.2) is 37.5 Å². The van der Waals surface area contributed by atoms with Gasteiger partial charge < -0.3 is 16.0 Å². The van der Waals surface area contributed by atoms with Crippen molar-refractivity contribution in [3.8, 4) is 0 Å². The first-order valence-electron chi connectivity index (χ1n) is 4.53. The SMILES string of the molecule is O=C1CC(NC(=O)C2CNC2)CN1. The summed E-state index contributed by atoms with van der Waals surface area (Å²) in [6.45, 7) is 2.10. The Morgan fingerprint density at radius 1 is 1.38 bits per heavy atom. The molecule has 0 radical (unpaired) electrons. The first kappa shape index (κ1) is 8.50. The minimum atomic E-state index is 0.000556. The summed E-state index contributed by atoms with van der Waals surface area (Å²) in [6.07, 6.45) is 0.423. The molecule has 0 saturated carbocycles. The van der Waals surface area contributed by atoms with E-state index in [1.165, 1.54) is 0 Å². The summed E-state index contributed by atoms with van der Waals surface area (Å²) in [4.78, 5) is 22.2. The molecule has 1 unspecified atom stereocenters.